The molecule has 0 saturated carbocycles. The number of para-hydroxylation sites is 1. The zero-order valence-electron chi connectivity index (χ0n) is 26.1. The maximum Gasteiger partial charge on any atom is 0.227 e. The second-order valence-corrected chi connectivity index (χ2v) is 11.4. The molecule has 236 valence electrons. The van der Waals surface area contributed by atoms with Crippen molar-refractivity contribution in [2.45, 2.75) is 57.3 Å². The van der Waals surface area contributed by atoms with Crippen LogP contribution in [0.1, 0.15) is 53.9 Å². The van der Waals surface area contributed by atoms with Gasteiger partial charge in [-0.3, -0.25) is 4.79 Å². The fourth-order valence-electron chi connectivity index (χ4n) is 6.04. The molecule has 3 aromatic carbocycles. The van der Waals surface area contributed by atoms with Crippen LogP contribution in [0, 0.1) is 0 Å². The minimum atomic E-state index is 0.0615. The maximum atomic E-state index is 12.7. The monoisotopic (exact) mass is 602 g/mol. The lowest BCUT2D eigenvalue weighted by molar-refractivity contribution is -0.118. The van der Waals surface area contributed by atoms with Gasteiger partial charge < -0.3 is 33.9 Å². The molecule has 8 heteroatoms. The van der Waals surface area contributed by atoms with Crippen molar-refractivity contribution in [3.8, 4) is 11.5 Å². The summed E-state index contributed by atoms with van der Waals surface area (Å²) in [6.45, 7) is 5.35. The van der Waals surface area contributed by atoms with Crippen LogP contribution in [0.2, 0.25) is 0 Å². The Morgan fingerprint density at radius 1 is 0.909 bits per heavy atom. The van der Waals surface area contributed by atoms with Crippen LogP contribution in [0.3, 0.4) is 0 Å². The molecule has 2 aliphatic heterocycles. The molecule has 0 radical (unpaired) electrons. The summed E-state index contributed by atoms with van der Waals surface area (Å²) in [6.07, 6.45) is 4.06. The van der Waals surface area contributed by atoms with E-state index in [0.717, 1.165) is 67.1 Å². The van der Waals surface area contributed by atoms with Gasteiger partial charge in [0, 0.05) is 56.8 Å². The quantitative estimate of drug-likeness (QED) is 0.212. The summed E-state index contributed by atoms with van der Waals surface area (Å²) in [5, 5.41) is 3.50. The molecular formula is C36H46N2O6. The Hall–Kier alpha value is -3.43. The summed E-state index contributed by atoms with van der Waals surface area (Å²) in [6, 6.07) is 22.8. The molecule has 2 aliphatic rings. The highest BCUT2D eigenvalue weighted by atomic mass is 16.5. The summed E-state index contributed by atoms with van der Waals surface area (Å²) in [4.78, 5) is 14.6. The predicted molar refractivity (Wildman–Crippen MR) is 172 cm³/mol. The predicted octanol–water partition coefficient (Wildman–Crippen LogP) is 5.66. The van der Waals surface area contributed by atoms with Crippen molar-refractivity contribution >= 4 is 11.6 Å². The molecule has 0 aromatic heterocycles. The molecule has 1 amide bonds. The molecule has 5 rings (SSSR count). The first-order chi connectivity index (χ1) is 21.7. The molecule has 8 nitrogen and oxygen atoms in total. The third-order valence-corrected chi connectivity index (χ3v) is 8.43. The van der Waals surface area contributed by atoms with E-state index in [1.54, 1.807) is 14.2 Å². The Morgan fingerprint density at radius 2 is 1.77 bits per heavy atom. The van der Waals surface area contributed by atoms with Crippen molar-refractivity contribution < 1.29 is 28.5 Å². The Kier molecular flexibility index (Phi) is 12.1. The third-order valence-electron chi connectivity index (χ3n) is 8.43. The molecule has 1 N–H and O–H groups in total. The second kappa shape index (κ2) is 16.6. The number of aryl methyl sites for hydroxylation is 1. The average molecular weight is 603 g/mol. The summed E-state index contributed by atoms with van der Waals surface area (Å²) in [5.41, 5.74) is 5.66. The number of carbonyl (C=O) groups is 1. The highest BCUT2D eigenvalue weighted by Gasteiger charge is 2.28. The average Bonchev–Trinajstić information content (AvgIpc) is 3.07. The highest BCUT2D eigenvalue weighted by Crippen LogP contribution is 2.32. The Morgan fingerprint density at radius 3 is 2.61 bits per heavy atom. The zero-order chi connectivity index (χ0) is 30.6. The Bertz CT molecular complexity index is 1330. The number of nitrogens with one attached hydrogen (secondary N) is 1. The van der Waals surface area contributed by atoms with E-state index in [1.165, 1.54) is 11.1 Å². The fraction of sp³-hybridized carbons (Fsp3) is 0.472. The topological polar surface area (TPSA) is 78.5 Å². The number of anilines is 1. The number of fused-ring (bicyclic) bond motifs is 1. The summed E-state index contributed by atoms with van der Waals surface area (Å²) in [5.74, 6) is 2.21. The van der Waals surface area contributed by atoms with Gasteiger partial charge in [0.2, 0.25) is 5.91 Å². The molecule has 2 atom stereocenters. The van der Waals surface area contributed by atoms with Crippen LogP contribution in [-0.4, -0.2) is 65.7 Å². The van der Waals surface area contributed by atoms with Crippen LogP contribution >= 0.6 is 0 Å². The van der Waals surface area contributed by atoms with Crippen LogP contribution in [0.5, 0.6) is 11.5 Å². The van der Waals surface area contributed by atoms with Gasteiger partial charge in [-0.25, -0.2) is 0 Å². The number of carbonyl (C=O) groups excluding carboxylic acids is 1. The third kappa shape index (κ3) is 8.60. The minimum Gasteiger partial charge on any atom is -0.496 e. The molecule has 0 bridgehead atoms. The standard InChI is InChI=1S/C36H46N2O6/c1-40-20-5-19-38-33-23-27(9-10-29(33)13-16-36(38)39)25-44-35-24-37-18-17-32(35)28-11-14-31(15-12-28)43-22-6-21-42-26-30-7-3-4-8-34(30)41-2/h3-4,7-12,14-15,23,32,35,37H,5-6,13,16-22,24-26H2,1-2H3. The van der Waals surface area contributed by atoms with Crippen molar-refractivity contribution in [1.29, 1.82) is 0 Å². The maximum absolute atomic E-state index is 12.7. The van der Waals surface area contributed by atoms with Gasteiger partial charge in [0.15, 0.2) is 0 Å². The lowest BCUT2D eigenvalue weighted by atomic mass is 9.87. The smallest absolute Gasteiger partial charge is 0.227 e. The number of piperidine rings is 1. The van der Waals surface area contributed by atoms with Crippen LogP contribution < -0.4 is 19.7 Å². The first-order valence-corrected chi connectivity index (χ1v) is 15.8. The van der Waals surface area contributed by atoms with Gasteiger partial charge in [-0.2, -0.15) is 0 Å². The highest BCUT2D eigenvalue weighted by molar-refractivity contribution is 5.96. The summed E-state index contributed by atoms with van der Waals surface area (Å²) in [7, 11) is 3.37. The molecule has 2 heterocycles. The number of nitrogens with zero attached hydrogens (tertiary/aromatic N) is 1. The fourth-order valence-corrected chi connectivity index (χ4v) is 6.04. The van der Waals surface area contributed by atoms with E-state index in [-0.39, 0.29) is 12.0 Å². The van der Waals surface area contributed by atoms with Gasteiger partial charge >= 0.3 is 0 Å². The Labute approximate surface area is 261 Å². The van der Waals surface area contributed by atoms with Gasteiger partial charge in [-0.05, 0) is 66.8 Å². The van der Waals surface area contributed by atoms with Crippen LogP contribution in [0.15, 0.2) is 66.7 Å². The van der Waals surface area contributed by atoms with Crippen molar-refractivity contribution in [3.05, 3.63) is 89.0 Å². The molecule has 1 saturated heterocycles. The number of ether oxygens (including phenoxy) is 5. The number of amides is 1. The molecule has 0 spiro atoms. The van der Waals surface area contributed by atoms with E-state index < -0.39 is 0 Å². The van der Waals surface area contributed by atoms with Crippen LogP contribution in [0.4, 0.5) is 5.69 Å². The Balaban J connectivity index is 1.10. The SMILES string of the molecule is COCCCN1C(=O)CCc2ccc(COC3CNCCC3c3ccc(OCCCOCc4ccccc4OC)cc3)cc21. The molecule has 0 aliphatic carbocycles. The number of rotatable bonds is 16. The molecule has 3 aromatic rings. The lowest BCUT2D eigenvalue weighted by Gasteiger charge is -2.33. The van der Waals surface area contributed by atoms with E-state index in [0.29, 0.717) is 51.9 Å². The number of hydrogen-bond donors (Lipinski definition) is 1. The van der Waals surface area contributed by atoms with E-state index in [2.05, 4.69) is 47.8 Å². The largest absolute Gasteiger partial charge is 0.496 e. The number of methoxy groups -OCH3 is 2. The number of hydrogen-bond acceptors (Lipinski definition) is 7. The molecular weight excluding hydrogens is 556 g/mol. The zero-order valence-corrected chi connectivity index (χ0v) is 26.1. The second-order valence-electron chi connectivity index (χ2n) is 11.4. The van der Waals surface area contributed by atoms with E-state index in [9.17, 15) is 4.79 Å². The summed E-state index contributed by atoms with van der Waals surface area (Å²) < 4.78 is 28.9. The number of benzene rings is 3. The van der Waals surface area contributed by atoms with Gasteiger partial charge in [-0.1, -0.05) is 42.5 Å². The normalized spacial score (nSPS) is 18.2. The van der Waals surface area contributed by atoms with Gasteiger partial charge in [0.25, 0.3) is 0 Å². The van der Waals surface area contributed by atoms with Gasteiger partial charge in [0.1, 0.15) is 11.5 Å². The first-order valence-electron chi connectivity index (χ1n) is 15.8. The lowest BCUT2D eigenvalue weighted by Crippen LogP contribution is -2.41. The van der Waals surface area contributed by atoms with E-state index in [4.69, 9.17) is 23.7 Å². The van der Waals surface area contributed by atoms with Gasteiger partial charge in [0.05, 0.1) is 39.6 Å². The first kappa shape index (κ1) is 32.0. The molecule has 2 unspecified atom stereocenters. The van der Waals surface area contributed by atoms with E-state index >= 15 is 0 Å². The molecule has 44 heavy (non-hydrogen) atoms. The molecule has 1 fully saturated rings. The van der Waals surface area contributed by atoms with Crippen molar-refractivity contribution in [2.75, 3.05) is 58.6 Å². The van der Waals surface area contributed by atoms with E-state index in [1.807, 2.05) is 29.2 Å². The van der Waals surface area contributed by atoms with Crippen molar-refractivity contribution in [1.82, 2.24) is 5.32 Å². The van der Waals surface area contributed by atoms with Crippen molar-refractivity contribution in [2.24, 2.45) is 0 Å². The minimum absolute atomic E-state index is 0.0615. The van der Waals surface area contributed by atoms with Crippen molar-refractivity contribution in [3.63, 3.8) is 0 Å². The van der Waals surface area contributed by atoms with Crippen LogP contribution in [0.25, 0.3) is 0 Å². The van der Waals surface area contributed by atoms with Gasteiger partial charge in [-0.15, -0.1) is 0 Å². The van der Waals surface area contributed by atoms with Crippen LogP contribution in [-0.2, 0) is 38.6 Å². The summed E-state index contributed by atoms with van der Waals surface area (Å²) >= 11 is 0.